The molecule has 0 aliphatic rings. The Labute approximate surface area is 42.9 Å². The average Bonchev–Trinajstić information content (AvgIpc) is 1.61. The first-order chi connectivity index (χ1) is 3.27. The van der Waals surface area contributed by atoms with Gasteiger partial charge in [0.2, 0.25) is 0 Å². The molecule has 0 aliphatic heterocycles. The summed E-state index contributed by atoms with van der Waals surface area (Å²) < 4.78 is 0. The van der Waals surface area contributed by atoms with Gasteiger partial charge in [0.05, 0.1) is 0 Å². The van der Waals surface area contributed by atoms with E-state index in [4.69, 9.17) is 5.53 Å². The van der Waals surface area contributed by atoms with E-state index in [9.17, 15) is 0 Å². The van der Waals surface area contributed by atoms with Crippen molar-refractivity contribution in [1.29, 1.82) is 5.53 Å². The Morgan fingerprint density at radius 2 is 2.14 bits per heavy atom. The highest BCUT2D eigenvalue weighted by molar-refractivity contribution is 5.58. The van der Waals surface area contributed by atoms with E-state index in [2.05, 4.69) is 10.3 Å². The van der Waals surface area contributed by atoms with Crippen LogP contribution in [0.5, 0.6) is 0 Å². The molecule has 1 N–H and O–H groups in total. The van der Waals surface area contributed by atoms with Crippen LogP contribution in [0, 0.1) is 11.4 Å². The zero-order valence-corrected chi connectivity index (χ0v) is 4.55. The number of rotatable bonds is 2. The van der Waals surface area contributed by atoms with Gasteiger partial charge in [-0.3, -0.25) is 0 Å². The van der Waals surface area contributed by atoms with Gasteiger partial charge in [-0.15, -0.1) is 5.10 Å². The summed E-state index contributed by atoms with van der Waals surface area (Å²) in [5, 5.41) is 6.13. The quantitative estimate of drug-likeness (QED) is 0.311. The average molecular weight is 99.1 g/mol. The molecule has 0 heterocycles. The molecule has 0 fully saturated rings. The molecule has 3 nitrogen and oxygen atoms in total. The molecule has 0 unspecified atom stereocenters. The second kappa shape index (κ2) is 3.46. The fourth-order valence-corrected chi connectivity index (χ4v) is 0.167. The van der Waals surface area contributed by atoms with Crippen LogP contribution in [-0.2, 0) is 0 Å². The van der Waals surface area contributed by atoms with Crippen molar-refractivity contribution in [3.63, 3.8) is 0 Å². The van der Waals surface area contributed by atoms with Crippen molar-refractivity contribution >= 4 is 6.21 Å². The Hall–Kier alpha value is -0.730. The monoisotopic (exact) mass is 99.1 g/mol. The van der Waals surface area contributed by atoms with Crippen LogP contribution in [0.15, 0.2) is 10.3 Å². The summed E-state index contributed by atoms with van der Waals surface area (Å²) in [6.07, 6.45) is 1.62. The number of nitrogens with one attached hydrogen (secondary N) is 1. The lowest BCUT2D eigenvalue weighted by molar-refractivity contribution is 0.883. The SMILES string of the molecule is CC(C)/C=N/N=N. The van der Waals surface area contributed by atoms with Crippen LogP contribution in [0.4, 0.5) is 0 Å². The Balaban J connectivity index is 3.25. The predicted molar refractivity (Wildman–Crippen MR) is 28.5 cm³/mol. The fraction of sp³-hybridized carbons (Fsp3) is 0.750. The van der Waals surface area contributed by atoms with E-state index in [0.29, 0.717) is 5.92 Å². The van der Waals surface area contributed by atoms with Crippen LogP contribution in [0.2, 0.25) is 0 Å². The molecule has 0 aromatic rings. The molecule has 0 radical (unpaired) electrons. The van der Waals surface area contributed by atoms with Crippen LogP contribution in [0.25, 0.3) is 0 Å². The van der Waals surface area contributed by atoms with Gasteiger partial charge in [0, 0.05) is 6.21 Å². The molecule has 0 saturated carbocycles. The van der Waals surface area contributed by atoms with Crippen molar-refractivity contribution in [3.05, 3.63) is 0 Å². The van der Waals surface area contributed by atoms with Crippen molar-refractivity contribution in [2.75, 3.05) is 0 Å². The lowest BCUT2D eigenvalue weighted by atomic mass is 10.3. The zero-order valence-electron chi connectivity index (χ0n) is 4.55. The predicted octanol–water partition coefficient (Wildman–Crippen LogP) is 1.66. The third kappa shape index (κ3) is 5.27. The van der Waals surface area contributed by atoms with E-state index in [1.807, 2.05) is 13.8 Å². The van der Waals surface area contributed by atoms with Gasteiger partial charge in [-0.2, -0.15) is 5.53 Å². The molecule has 3 heteroatoms. The van der Waals surface area contributed by atoms with Gasteiger partial charge in [0.1, 0.15) is 0 Å². The minimum absolute atomic E-state index is 0.397. The maximum Gasteiger partial charge on any atom is 0.0313 e. The summed E-state index contributed by atoms with van der Waals surface area (Å²) in [6, 6.07) is 0. The highest BCUT2D eigenvalue weighted by Gasteiger charge is 1.80. The van der Waals surface area contributed by atoms with Crippen LogP contribution >= 0.6 is 0 Å². The van der Waals surface area contributed by atoms with Crippen LogP contribution < -0.4 is 0 Å². The molecular formula is C4H9N3. The first-order valence-electron chi connectivity index (χ1n) is 2.17. The molecule has 7 heavy (non-hydrogen) atoms. The van der Waals surface area contributed by atoms with E-state index in [1.54, 1.807) is 6.21 Å². The lowest BCUT2D eigenvalue weighted by Crippen LogP contribution is -1.83. The minimum atomic E-state index is 0.397. The minimum Gasteiger partial charge on any atom is -0.185 e. The Morgan fingerprint density at radius 1 is 1.57 bits per heavy atom. The van der Waals surface area contributed by atoms with Crippen molar-refractivity contribution in [2.24, 2.45) is 16.2 Å². The van der Waals surface area contributed by atoms with Crippen molar-refractivity contribution < 1.29 is 0 Å². The summed E-state index contributed by atoms with van der Waals surface area (Å²) >= 11 is 0. The van der Waals surface area contributed by atoms with E-state index < -0.39 is 0 Å². The molecule has 0 bridgehead atoms. The molecule has 0 aliphatic carbocycles. The molecule has 0 rings (SSSR count). The number of hydrogen-bond acceptors (Lipinski definition) is 2. The van der Waals surface area contributed by atoms with E-state index in [0.717, 1.165) is 0 Å². The Kier molecular flexibility index (Phi) is 3.10. The third-order valence-electron chi connectivity index (χ3n) is 0.423. The second-order valence-corrected chi connectivity index (χ2v) is 1.61. The molecule has 0 aromatic heterocycles. The van der Waals surface area contributed by atoms with Gasteiger partial charge in [0.15, 0.2) is 0 Å². The Bertz CT molecular complexity index is 75.0. The Morgan fingerprint density at radius 3 is 2.29 bits per heavy atom. The highest BCUT2D eigenvalue weighted by Crippen LogP contribution is 1.83. The lowest BCUT2D eigenvalue weighted by Gasteiger charge is -1.84. The third-order valence-corrected chi connectivity index (χ3v) is 0.423. The van der Waals surface area contributed by atoms with E-state index in [-0.39, 0.29) is 0 Å². The highest BCUT2D eigenvalue weighted by atomic mass is 15.3. The molecule has 0 spiro atoms. The van der Waals surface area contributed by atoms with Gasteiger partial charge in [-0.05, 0) is 5.92 Å². The van der Waals surface area contributed by atoms with Crippen LogP contribution in [0.1, 0.15) is 13.8 Å². The summed E-state index contributed by atoms with van der Waals surface area (Å²) in [5.41, 5.74) is 6.22. The van der Waals surface area contributed by atoms with Gasteiger partial charge in [-0.25, -0.2) is 0 Å². The van der Waals surface area contributed by atoms with E-state index >= 15 is 0 Å². The molecular weight excluding hydrogens is 90.1 g/mol. The van der Waals surface area contributed by atoms with Gasteiger partial charge in [-0.1, -0.05) is 19.1 Å². The molecule has 0 atom stereocenters. The van der Waals surface area contributed by atoms with E-state index in [1.165, 1.54) is 0 Å². The maximum atomic E-state index is 6.22. The summed E-state index contributed by atoms with van der Waals surface area (Å²) in [5.74, 6) is 0.397. The van der Waals surface area contributed by atoms with Crippen molar-refractivity contribution in [1.82, 2.24) is 0 Å². The maximum absolute atomic E-state index is 6.22. The number of nitrogens with zero attached hydrogens (tertiary/aromatic N) is 2. The van der Waals surface area contributed by atoms with Crippen LogP contribution in [-0.4, -0.2) is 6.21 Å². The first-order valence-corrected chi connectivity index (χ1v) is 2.17. The van der Waals surface area contributed by atoms with Gasteiger partial charge >= 0.3 is 0 Å². The molecule has 0 amide bonds. The molecule has 40 valence electrons. The largest absolute Gasteiger partial charge is 0.185 e. The number of hydrogen-bond donors (Lipinski definition) is 1. The molecule has 0 saturated heterocycles. The smallest absolute Gasteiger partial charge is 0.0313 e. The topological polar surface area (TPSA) is 48.6 Å². The normalized spacial score (nSPS) is 10.7. The van der Waals surface area contributed by atoms with Crippen LogP contribution in [0.3, 0.4) is 0 Å². The van der Waals surface area contributed by atoms with Crippen molar-refractivity contribution in [2.45, 2.75) is 13.8 Å². The van der Waals surface area contributed by atoms with Gasteiger partial charge < -0.3 is 0 Å². The zero-order chi connectivity index (χ0) is 5.70. The standard InChI is InChI=1S/C4H9N3/c1-4(2)3-6-7-5/h3-5H,1-2H3/b6-3+,7-5?. The fourth-order valence-electron chi connectivity index (χ4n) is 0.167. The first kappa shape index (κ1) is 6.27. The summed E-state index contributed by atoms with van der Waals surface area (Å²) in [4.78, 5) is 0. The van der Waals surface area contributed by atoms with Gasteiger partial charge in [0.25, 0.3) is 0 Å². The molecule has 0 aromatic carbocycles. The second-order valence-electron chi connectivity index (χ2n) is 1.61. The summed E-state index contributed by atoms with van der Waals surface area (Å²) in [7, 11) is 0. The summed E-state index contributed by atoms with van der Waals surface area (Å²) in [6.45, 7) is 3.96. The van der Waals surface area contributed by atoms with Crippen molar-refractivity contribution in [3.8, 4) is 0 Å².